The predicted molar refractivity (Wildman–Crippen MR) is 67.7 cm³/mol. The molecule has 17 heavy (non-hydrogen) atoms. The molecule has 0 aliphatic carbocycles. The third-order valence-electron chi connectivity index (χ3n) is 2.38. The van der Waals surface area contributed by atoms with Gasteiger partial charge in [0.2, 0.25) is 0 Å². The van der Waals surface area contributed by atoms with Crippen LogP contribution in [0.1, 0.15) is 6.92 Å². The Hall–Kier alpha value is -2.07. The van der Waals surface area contributed by atoms with E-state index in [4.69, 9.17) is 9.84 Å². The molecule has 0 saturated carbocycles. The minimum absolute atomic E-state index is 0. The summed E-state index contributed by atoms with van der Waals surface area (Å²) < 4.78 is 5.28. The summed E-state index contributed by atoms with van der Waals surface area (Å²) >= 11 is 0. The number of carboxylic acids is 1. The number of carbonyl (C=O) groups is 1. The quantitative estimate of drug-likeness (QED) is 0.856. The highest BCUT2D eigenvalue weighted by atomic mass is 16.5. The standard InChI is InChI=1S/C13H12O3.H3N/c1-9(13(14)15)16-12-7-6-10-4-2-3-5-11(10)8-12;/h2-9H,1H3,(H,14,15);1H3/p+1/t9-;/m0./s1. The molecule has 2 aromatic carbocycles. The second kappa shape index (κ2) is 5.32. The summed E-state index contributed by atoms with van der Waals surface area (Å²) in [7, 11) is 0. The molecule has 0 saturated heterocycles. The van der Waals surface area contributed by atoms with E-state index in [1.165, 1.54) is 6.92 Å². The monoisotopic (exact) mass is 234 g/mol. The molecular weight excluding hydrogens is 218 g/mol. The normalized spacial score (nSPS) is 11.6. The van der Waals surface area contributed by atoms with Gasteiger partial charge in [-0.2, -0.15) is 0 Å². The van der Waals surface area contributed by atoms with E-state index in [0.717, 1.165) is 10.8 Å². The lowest BCUT2D eigenvalue weighted by Crippen LogP contribution is -2.22. The highest BCUT2D eigenvalue weighted by molar-refractivity contribution is 5.83. The number of aliphatic carboxylic acids is 1. The summed E-state index contributed by atoms with van der Waals surface area (Å²) in [6.07, 6.45) is -0.832. The summed E-state index contributed by atoms with van der Waals surface area (Å²) in [5, 5.41) is 10.9. The number of benzene rings is 2. The van der Waals surface area contributed by atoms with Gasteiger partial charge in [0.15, 0.2) is 6.10 Å². The number of rotatable bonds is 3. The number of ether oxygens (including phenoxy) is 1. The first kappa shape index (κ1) is 13.0. The van der Waals surface area contributed by atoms with E-state index in [0.29, 0.717) is 5.75 Å². The molecule has 0 aliphatic rings. The average molecular weight is 234 g/mol. The van der Waals surface area contributed by atoms with Crippen LogP contribution in [0.3, 0.4) is 0 Å². The predicted octanol–water partition coefficient (Wildman–Crippen LogP) is 3.07. The maximum absolute atomic E-state index is 10.6. The summed E-state index contributed by atoms with van der Waals surface area (Å²) in [6.45, 7) is 1.51. The lowest BCUT2D eigenvalue weighted by atomic mass is 10.1. The van der Waals surface area contributed by atoms with Crippen molar-refractivity contribution in [2.24, 2.45) is 0 Å². The molecule has 0 fully saturated rings. The Morgan fingerprint density at radius 1 is 1.18 bits per heavy atom. The maximum atomic E-state index is 10.6. The van der Waals surface area contributed by atoms with Gasteiger partial charge in [-0.15, -0.1) is 0 Å². The molecule has 2 aromatic rings. The second-order valence-corrected chi connectivity index (χ2v) is 3.61. The summed E-state index contributed by atoms with van der Waals surface area (Å²) in [5.74, 6) is -0.387. The molecule has 4 heteroatoms. The fourth-order valence-electron chi connectivity index (χ4n) is 1.50. The number of hydrogen-bond acceptors (Lipinski definition) is 2. The zero-order chi connectivity index (χ0) is 11.5. The largest absolute Gasteiger partial charge is 0.479 e. The Balaban J connectivity index is 0.00000144. The molecule has 5 N–H and O–H groups in total. The first-order chi connectivity index (χ1) is 7.66. The molecule has 0 aromatic heterocycles. The van der Waals surface area contributed by atoms with Gasteiger partial charge in [0.1, 0.15) is 5.75 Å². The lowest BCUT2D eigenvalue weighted by molar-refractivity contribution is -0.144. The van der Waals surface area contributed by atoms with E-state index in [1.807, 2.05) is 36.4 Å². The summed E-state index contributed by atoms with van der Waals surface area (Å²) in [6, 6.07) is 13.4. The number of hydrogen-bond donors (Lipinski definition) is 2. The first-order valence-corrected chi connectivity index (χ1v) is 5.05. The van der Waals surface area contributed by atoms with Crippen LogP contribution < -0.4 is 10.9 Å². The van der Waals surface area contributed by atoms with E-state index in [-0.39, 0.29) is 6.15 Å². The van der Waals surface area contributed by atoms with Gasteiger partial charge in [0.25, 0.3) is 0 Å². The van der Waals surface area contributed by atoms with E-state index >= 15 is 0 Å². The third kappa shape index (κ3) is 2.95. The van der Waals surface area contributed by atoms with Gasteiger partial charge in [-0.25, -0.2) is 4.79 Å². The third-order valence-corrected chi connectivity index (χ3v) is 2.38. The molecule has 0 bridgehead atoms. The van der Waals surface area contributed by atoms with Crippen LogP contribution in [-0.4, -0.2) is 17.2 Å². The average Bonchev–Trinajstić information content (AvgIpc) is 2.28. The zero-order valence-corrected chi connectivity index (χ0v) is 9.88. The Bertz CT molecular complexity index is 525. The molecule has 2 rings (SSSR count). The van der Waals surface area contributed by atoms with Crippen LogP contribution in [0.15, 0.2) is 42.5 Å². The number of quaternary nitrogens is 1. The van der Waals surface area contributed by atoms with Crippen molar-refractivity contribution in [1.82, 2.24) is 6.15 Å². The van der Waals surface area contributed by atoms with Crippen LogP contribution in [0, 0.1) is 0 Å². The van der Waals surface area contributed by atoms with Crippen LogP contribution in [0.4, 0.5) is 0 Å². The van der Waals surface area contributed by atoms with Crippen LogP contribution in [0.25, 0.3) is 10.8 Å². The molecule has 0 aliphatic heterocycles. The minimum atomic E-state index is -0.965. The molecule has 0 spiro atoms. The lowest BCUT2D eigenvalue weighted by Gasteiger charge is -2.10. The van der Waals surface area contributed by atoms with Crippen LogP contribution in [0.5, 0.6) is 5.75 Å². The van der Waals surface area contributed by atoms with Gasteiger partial charge in [-0.1, -0.05) is 30.3 Å². The Kier molecular flexibility index (Phi) is 4.06. The minimum Gasteiger partial charge on any atom is -0.479 e. The van der Waals surface area contributed by atoms with Crippen molar-refractivity contribution in [3.8, 4) is 5.75 Å². The fourth-order valence-corrected chi connectivity index (χ4v) is 1.50. The molecule has 4 nitrogen and oxygen atoms in total. The van der Waals surface area contributed by atoms with Crippen molar-refractivity contribution in [2.75, 3.05) is 0 Å². The van der Waals surface area contributed by atoms with E-state index in [9.17, 15) is 4.79 Å². The summed E-state index contributed by atoms with van der Waals surface area (Å²) in [5.41, 5.74) is 0. The molecule has 1 atom stereocenters. The topological polar surface area (TPSA) is 83.0 Å². The zero-order valence-electron chi connectivity index (χ0n) is 9.88. The van der Waals surface area contributed by atoms with Crippen LogP contribution in [-0.2, 0) is 4.79 Å². The van der Waals surface area contributed by atoms with Gasteiger partial charge in [0, 0.05) is 0 Å². The van der Waals surface area contributed by atoms with E-state index < -0.39 is 12.1 Å². The van der Waals surface area contributed by atoms with Crippen molar-refractivity contribution in [1.29, 1.82) is 0 Å². The van der Waals surface area contributed by atoms with Crippen LogP contribution in [0.2, 0.25) is 0 Å². The van der Waals surface area contributed by atoms with Crippen LogP contribution >= 0.6 is 0 Å². The highest BCUT2D eigenvalue weighted by Crippen LogP contribution is 2.21. The molecular formula is C13H16NO3+. The van der Waals surface area contributed by atoms with Crippen molar-refractivity contribution >= 4 is 16.7 Å². The van der Waals surface area contributed by atoms with Crippen molar-refractivity contribution < 1.29 is 14.6 Å². The van der Waals surface area contributed by atoms with E-state index in [1.54, 1.807) is 6.07 Å². The van der Waals surface area contributed by atoms with Gasteiger partial charge in [-0.3, -0.25) is 0 Å². The number of fused-ring (bicyclic) bond motifs is 1. The maximum Gasteiger partial charge on any atom is 0.344 e. The molecule has 0 heterocycles. The Morgan fingerprint density at radius 3 is 2.47 bits per heavy atom. The SMILES string of the molecule is C[C@H](Oc1ccc2ccccc2c1)C(=O)O.[NH4+]. The Labute approximate surface area is 99.4 Å². The van der Waals surface area contributed by atoms with Gasteiger partial charge in [0.05, 0.1) is 0 Å². The molecule has 90 valence electrons. The number of carboxylic acid groups (broad SMARTS) is 1. The smallest absolute Gasteiger partial charge is 0.344 e. The second-order valence-electron chi connectivity index (χ2n) is 3.61. The summed E-state index contributed by atoms with van der Waals surface area (Å²) in [4.78, 5) is 10.6. The first-order valence-electron chi connectivity index (χ1n) is 5.05. The van der Waals surface area contributed by atoms with Gasteiger partial charge >= 0.3 is 5.97 Å². The van der Waals surface area contributed by atoms with Crippen molar-refractivity contribution in [3.63, 3.8) is 0 Å². The van der Waals surface area contributed by atoms with Crippen molar-refractivity contribution in [2.45, 2.75) is 13.0 Å². The highest BCUT2D eigenvalue weighted by Gasteiger charge is 2.12. The fraction of sp³-hybridized carbons (Fsp3) is 0.154. The van der Waals surface area contributed by atoms with Gasteiger partial charge in [-0.05, 0) is 29.8 Å². The van der Waals surface area contributed by atoms with Crippen molar-refractivity contribution in [3.05, 3.63) is 42.5 Å². The molecule has 0 unspecified atom stereocenters. The molecule has 0 radical (unpaired) electrons. The van der Waals surface area contributed by atoms with E-state index in [2.05, 4.69) is 0 Å². The molecule has 0 amide bonds. The van der Waals surface area contributed by atoms with Gasteiger partial charge < -0.3 is 16.0 Å². The Morgan fingerprint density at radius 2 is 1.82 bits per heavy atom.